The zero-order chi connectivity index (χ0) is 26.3. The van der Waals surface area contributed by atoms with E-state index in [1.807, 2.05) is 13.0 Å². The summed E-state index contributed by atoms with van der Waals surface area (Å²) in [5, 5.41) is 12.5. The van der Waals surface area contributed by atoms with Gasteiger partial charge in [0, 0.05) is 42.5 Å². The summed E-state index contributed by atoms with van der Waals surface area (Å²) in [4.78, 5) is 15.4. The lowest BCUT2D eigenvalue weighted by molar-refractivity contribution is -0.137. The van der Waals surface area contributed by atoms with Gasteiger partial charge in [-0.15, -0.1) is 0 Å². The molecule has 4 rings (SSSR count). The minimum Gasteiger partial charge on any atom is -0.351 e. The number of piperidine rings is 1. The van der Waals surface area contributed by atoms with Gasteiger partial charge in [0.2, 0.25) is 16.0 Å². The Balaban J connectivity index is 1.57. The van der Waals surface area contributed by atoms with Crippen LogP contribution in [0.2, 0.25) is 0 Å². The van der Waals surface area contributed by atoms with E-state index in [4.69, 9.17) is 0 Å². The third kappa shape index (κ3) is 5.01. The van der Waals surface area contributed by atoms with E-state index in [2.05, 4.69) is 25.3 Å². The van der Waals surface area contributed by atoms with Crippen LogP contribution in [0.15, 0.2) is 24.7 Å². The van der Waals surface area contributed by atoms with Gasteiger partial charge >= 0.3 is 6.18 Å². The van der Waals surface area contributed by atoms with Crippen molar-refractivity contribution in [2.45, 2.75) is 51.1 Å². The number of pyridine rings is 1. The van der Waals surface area contributed by atoms with E-state index >= 15 is 0 Å². The zero-order valence-electron chi connectivity index (χ0n) is 20.0. The van der Waals surface area contributed by atoms with Crippen LogP contribution in [0, 0.1) is 17.2 Å². The Morgan fingerprint density at radius 2 is 1.89 bits per heavy atom. The van der Waals surface area contributed by atoms with Gasteiger partial charge in [-0.1, -0.05) is 0 Å². The zero-order valence-corrected chi connectivity index (χ0v) is 20.8. The number of sulfonamides is 1. The number of alkyl halides is 3. The monoisotopic (exact) mass is 521 g/mol. The highest BCUT2D eigenvalue weighted by Crippen LogP contribution is 2.35. The Morgan fingerprint density at radius 3 is 2.50 bits per heavy atom. The Labute approximate surface area is 206 Å². The number of nitrogens with zero attached hydrogens (tertiary/aromatic N) is 5. The second-order valence-electron chi connectivity index (χ2n) is 9.15. The fourth-order valence-corrected chi connectivity index (χ4v) is 5.66. The molecule has 0 unspecified atom stereocenters. The van der Waals surface area contributed by atoms with Crippen molar-refractivity contribution in [1.29, 1.82) is 5.26 Å². The number of aromatic nitrogens is 4. The maximum atomic E-state index is 13.2. The molecule has 0 spiro atoms. The van der Waals surface area contributed by atoms with E-state index < -0.39 is 27.0 Å². The molecule has 0 amide bonds. The van der Waals surface area contributed by atoms with Gasteiger partial charge in [-0.25, -0.2) is 27.7 Å². The molecular formula is C23H26F3N7O2S. The molecule has 0 saturated carbocycles. The lowest BCUT2D eigenvalue weighted by Gasteiger charge is -2.35. The summed E-state index contributed by atoms with van der Waals surface area (Å²) in [7, 11) is -3.30. The maximum Gasteiger partial charge on any atom is 0.417 e. The summed E-state index contributed by atoms with van der Waals surface area (Å²) in [6.45, 7) is 6.14. The average molecular weight is 522 g/mol. The van der Waals surface area contributed by atoms with Gasteiger partial charge in [-0.2, -0.15) is 18.4 Å². The van der Waals surface area contributed by atoms with E-state index in [1.54, 1.807) is 13.8 Å². The number of nitriles is 1. The minimum absolute atomic E-state index is 0.101. The first-order chi connectivity index (χ1) is 16.9. The van der Waals surface area contributed by atoms with Gasteiger partial charge in [0.25, 0.3) is 0 Å². The van der Waals surface area contributed by atoms with Crippen LogP contribution in [-0.4, -0.2) is 57.0 Å². The van der Waals surface area contributed by atoms with Crippen LogP contribution < -0.4 is 5.32 Å². The minimum atomic E-state index is -4.56. The van der Waals surface area contributed by atoms with Gasteiger partial charge in [0.05, 0.1) is 28.3 Å². The van der Waals surface area contributed by atoms with E-state index in [1.165, 1.54) is 16.7 Å². The maximum absolute atomic E-state index is 13.2. The fraction of sp³-hybridized carbons (Fsp3) is 0.478. The summed E-state index contributed by atoms with van der Waals surface area (Å²) < 4.78 is 66.1. The lowest BCUT2D eigenvalue weighted by atomic mass is 9.91. The molecule has 2 N–H and O–H groups in total. The van der Waals surface area contributed by atoms with Crippen molar-refractivity contribution in [3.63, 3.8) is 0 Å². The summed E-state index contributed by atoms with van der Waals surface area (Å²) in [5.41, 5.74) is -0.0516. The number of H-pyrrole nitrogens is 1. The Bertz CT molecular complexity index is 1410. The molecule has 0 bridgehead atoms. The number of halogens is 3. The second kappa shape index (κ2) is 9.67. The Hall–Kier alpha value is -3.24. The average Bonchev–Trinajstić information content (AvgIpc) is 3.26. The molecule has 1 aliphatic heterocycles. The number of rotatable bonds is 6. The SMILES string of the molecule is CC(C)S(=O)(=O)N1CCC([C@@H](C)Nc2ncc(C#N)c(-c3c[nH]c4ncc(C(F)(F)F)cc34)n2)CC1. The topological polar surface area (TPSA) is 128 Å². The Morgan fingerprint density at radius 1 is 1.19 bits per heavy atom. The molecule has 0 radical (unpaired) electrons. The highest BCUT2D eigenvalue weighted by atomic mass is 32.2. The lowest BCUT2D eigenvalue weighted by Crippen LogP contribution is -2.44. The molecule has 1 fully saturated rings. The third-order valence-electron chi connectivity index (χ3n) is 6.54. The van der Waals surface area contributed by atoms with E-state index in [0.717, 1.165) is 12.3 Å². The summed E-state index contributed by atoms with van der Waals surface area (Å²) in [6.07, 6.45) is 0.315. The molecule has 0 aromatic carbocycles. The molecule has 1 atom stereocenters. The molecule has 3 aromatic heterocycles. The number of aromatic amines is 1. The second-order valence-corrected chi connectivity index (χ2v) is 11.6. The molecule has 13 heteroatoms. The Kier molecular flexibility index (Phi) is 6.94. The summed E-state index contributed by atoms with van der Waals surface area (Å²) in [5.74, 6) is 0.390. The van der Waals surface area contributed by atoms with Crippen molar-refractivity contribution < 1.29 is 21.6 Å². The predicted molar refractivity (Wildman–Crippen MR) is 128 cm³/mol. The van der Waals surface area contributed by atoms with Crippen molar-refractivity contribution in [3.8, 4) is 17.3 Å². The highest BCUT2D eigenvalue weighted by Gasteiger charge is 2.33. The van der Waals surface area contributed by atoms with E-state index in [9.17, 15) is 26.9 Å². The van der Waals surface area contributed by atoms with E-state index in [-0.39, 0.29) is 40.2 Å². The van der Waals surface area contributed by atoms with Crippen LogP contribution in [0.5, 0.6) is 0 Å². The van der Waals surface area contributed by atoms with Crippen LogP contribution in [0.25, 0.3) is 22.3 Å². The molecule has 192 valence electrons. The van der Waals surface area contributed by atoms with Crippen LogP contribution >= 0.6 is 0 Å². The first-order valence-electron chi connectivity index (χ1n) is 11.5. The van der Waals surface area contributed by atoms with E-state index in [0.29, 0.717) is 31.5 Å². The van der Waals surface area contributed by atoms with Crippen LogP contribution in [0.3, 0.4) is 0 Å². The summed E-state index contributed by atoms with van der Waals surface area (Å²) >= 11 is 0. The van der Waals surface area contributed by atoms with Gasteiger partial charge in [0.15, 0.2) is 0 Å². The van der Waals surface area contributed by atoms with Crippen molar-refractivity contribution in [2.24, 2.45) is 5.92 Å². The fourth-order valence-electron chi connectivity index (χ4n) is 4.34. The van der Waals surface area contributed by atoms with Crippen LogP contribution in [0.1, 0.15) is 44.7 Å². The molecule has 9 nitrogen and oxygen atoms in total. The van der Waals surface area contributed by atoms with Crippen molar-refractivity contribution in [2.75, 3.05) is 18.4 Å². The van der Waals surface area contributed by atoms with Crippen molar-refractivity contribution in [3.05, 3.63) is 35.8 Å². The number of hydrogen-bond acceptors (Lipinski definition) is 7. The number of hydrogen-bond donors (Lipinski definition) is 2. The quantitative estimate of drug-likeness (QED) is 0.499. The van der Waals surface area contributed by atoms with Gasteiger partial charge in [0.1, 0.15) is 11.7 Å². The number of fused-ring (bicyclic) bond motifs is 1. The first-order valence-corrected chi connectivity index (χ1v) is 13.0. The molecule has 3 aromatic rings. The number of nitrogens with one attached hydrogen (secondary N) is 2. The summed E-state index contributed by atoms with van der Waals surface area (Å²) in [6, 6.07) is 2.87. The molecule has 0 aliphatic carbocycles. The first kappa shape index (κ1) is 25.8. The van der Waals surface area contributed by atoms with Crippen LogP contribution in [0.4, 0.5) is 19.1 Å². The standard InChI is InChI=1S/C23H26F3N7O2S/c1-13(2)36(34,35)33-6-4-15(5-7-33)14(3)31-22-30-10-16(9-27)20(32-22)19-12-29-21-18(19)8-17(11-28-21)23(24,25)26/h8,10-15H,4-7H2,1-3H3,(H,28,29)(H,30,31,32)/t14-/m1/s1. The molecular weight excluding hydrogens is 495 g/mol. The van der Waals surface area contributed by atoms with Crippen molar-refractivity contribution in [1.82, 2.24) is 24.2 Å². The van der Waals surface area contributed by atoms with Gasteiger partial charge in [-0.05, 0) is 45.6 Å². The molecule has 4 heterocycles. The molecule has 1 aliphatic rings. The van der Waals surface area contributed by atoms with Crippen molar-refractivity contribution >= 4 is 27.0 Å². The predicted octanol–water partition coefficient (Wildman–Crippen LogP) is 4.16. The third-order valence-corrected chi connectivity index (χ3v) is 8.82. The number of anilines is 1. The molecule has 1 saturated heterocycles. The normalized spacial score (nSPS) is 16.8. The van der Waals surface area contributed by atoms with Gasteiger partial charge < -0.3 is 10.3 Å². The molecule has 36 heavy (non-hydrogen) atoms. The van der Waals surface area contributed by atoms with Crippen LogP contribution in [-0.2, 0) is 16.2 Å². The highest BCUT2D eigenvalue weighted by molar-refractivity contribution is 7.89. The van der Waals surface area contributed by atoms with Gasteiger partial charge in [-0.3, -0.25) is 0 Å². The largest absolute Gasteiger partial charge is 0.417 e. The smallest absolute Gasteiger partial charge is 0.351 e.